The number of nitrogens with one attached hydrogen (secondary N) is 2. The Bertz CT molecular complexity index is 650. The van der Waals surface area contributed by atoms with Crippen LogP contribution in [0.4, 0.5) is 0 Å². The monoisotopic (exact) mass is 483 g/mol. The number of guanidine groups is 1. The van der Waals surface area contributed by atoms with Gasteiger partial charge in [-0.1, -0.05) is 57.0 Å². The first-order chi connectivity index (χ1) is 12.8. The maximum Gasteiger partial charge on any atom is 0.191 e. The minimum Gasteiger partial charge on any atom is -0.357 e. The zero-order chi connectivity index (χ0) is 18.6. The molecule has 0 saturated heterocycles. The molecule has 27 heavy (non-hydrogen) atoms. The SMILES string of the molecule is CCNC(=NCC(CC)CC)NCCc1nccn1Cc1ccccc1.I. The number of imidazole rings is 1. The van der Waals surface area contributed by atoms with E-state index in [0.29, 0.717) is 5.92 Å². The zero-order valence-corrected chi connectivity index (χ0v) is 19.1. The summed E-state index contributed by atoms with van der Waals surface area (Å²) in [7, 11) is 0. The second-order valence-electron chi connectivity index (χ2n) is 6.54. The van der Waals surface area contributed by atoms with E-state index in [1.807, 2.05) is 12.3 Å². The van der Waals surface area contributed by atoms with Crippen LogP contribution in [0.2, 0.25) is 0 Å². The van der Waals surface area contributed by atoms with E-state index >= 15 is 0 Å². The van der Waals surface area contributed by atoms with Gasteiger partial charge in [-0.15, -0.1) is 24.0 Å². The fourth-order valence-corrected chi connectivity index (χ4v) is 2.89. The van der Waals surface area contributed by atoms with Gasteiger partial charge in [-0.3, -0.25) is 4.99 Å². The number of rotatable bonds is 10. The van der Waals surface area contributed by atoms with Gasteiger partial charge in [0.05, 0.1) is 0 Å². The van der Waals surface area contributed by atoms with E-state index < -0.39 is 0 Å². The Balaban J connectivity index is 0.00000364. The highest BCUT2D eigenvalue weighted by Gasteiger charge is 2.06. The molecule has 2 rings (SSSR count). The van der Waals surface area contributed by atoms with Crippen LogP contribution in [0.15, 0.2) is 47.7 Å². The zero-order valence-electron chi connectivity index (χ0n) is 16.8. The van der Waals surface area contributed by atoms with Crippen LogP contribution in [0.25, 0.3) is 0 Å². The van der Waals surface area contributed by atoms with E-state index in [9.17, 15) is 0 Å². The molecule has 6 heteroatoms. The van der Waals surface area contributed by atoms with Crippen LogP contribution >= 0.6 is 24.0 Å². The smallest absolute Gasteiger partial charge is 0.191 e. The lowest BCUT2D eigenvalue weighted by atomic mass is 10.0. The van der Waals surface area contributed by atoms with Crippen LogP contribution in [0, 0.1) is 5.92 Å². The van der Waals surface area contributed by atoms with Crippen LogP contribution in [0.3, 0.4) is 0 Å². The summed E-state index contributed by atoms with van der Waals surface area (Å²) in [6, 6.07) is 10.5. The molecule has 1 aromatic carbocycles. The number of hydrogen-bond acceptors (Lipinski definition) is 2. The predicted molar refractivity (Wildman–Crippen MR) is 125 cm³/mol. The molecule has 0 saturated carbocycles. The van der Waals surface area contributed by atoms with Gasteiger partial charge < -0.3 is 15.2 Å². The van der Waals surface area contributed by atoms with Crippen LogP contribution in [0.5, 0.6) is 0 Å². The minimum atomic E-state index is 0. The lowest BCUT2D eigenvalue weighted by Crippen LogP contribution is -2.39. The second kappa shape index (κ2) is 13.6. The van der Waals surface area contributed by atoms with E-state index in [1.54, 1.807) is 0 Å². The van der Waals surface area contributed by atoms with Gasteiger partial charge in [-0.25, -0.2) is 4.98 Å². The molecule has 0 unspecified atom stereocenters. The third kappa shape index (κ3) is 8.32. The molecular formula is C21H34IN5. The molecule has 1 aromatic heterocycles. The van der Waals surface area contributed by atoms with Gasteiger partial charge in [0.15, 0.2) is 5.96 Å². The van der Waals surface area contributed by atoms with E-state index in [-0.39, 0.29) is 24.0 Å². The number of benzene rings is 1. The summed E-state index contributed by atoms with van der Waals surface area (Å²) in [4.78, 5) is 9.25. The van der Waals surface area contributed by atoms with Gasteiger partial charge in [0.1, 0.15) is 5.82 Å². The summed E-state index contributed by atoms with van der Waals surface area (Å²) in [5, 5.41) is 6.77. The number of aromatic nitrogens is 2. The molecule has 0 amide bonds. The summed E-state index contributed by atoms with van der Waals surface area (Å²) in [5.41, 5.74) is 1.29. The van der Waals surface area contributed by atoms with E-state index in [0.717, 1.165) is 44.4 Å². The maximum atomic E-state index is 4.73. The lowest BCUT2D eigenvalue weighted by molar-refractivity contribution is 0.504. The molecule has 5 nitrogen and oxygen atoms in total. The van der Waals surface area contributed by atoms with Crippen molar-refractivity contribution >= 4 is 29.9 Å². The molecular weight excluding hydrogens is 449 g/mol. The normalized spacial score (nSPS) is 11.3. The van der Waals surface area contributed by atoms with Gasteiger partial charge in [0.2, 0.25) is 0 Å². The topological polar surface area (TPSA) is 54.2 Å². The average molecular weight is 483 g/mol. The summed E-state index contributed by atoms with van der Waals surface area (Å²) < 4.78 is 2.21. The average Bonchev–Trinajstić information content (AvgIpc) is 3.10. The Morgan fingerprint density at radius 3 is 2.52 bits per heavy atom. The quantitative estimate of drug-likeness (QED) is 0.304. The van der Waals surface area contributed by atoms with Crippen LogP contribution in [0.1, 0.15) is 45.0 Å². The highest BCUT2D eigenvalue weighted by molar-refractivity contribution is 14.0. The van der Waals surface area contributed by atoms with E-state index in [4.69, 9.17) is 4.99 Å². The Kier molecular flexibility index (Phi) is 11.8. The summed E-state index contributed by atoms with van der Waals surface area (Å²) in [6.45, 7) is 10.00. The molecule has 0 aliphatic heterocycles. The molecule has 0 spiro atoms. The summed E-state index contributed by atoms with van der Waals surface area (Å²) in [5.74, 6) is 2.66. The first kappa shape index (κ1) is 23.5. The van der Waals surface area contributed by atoms with Gasteiger partial charge in [-0.05, 0) is 18.4 Å². The Morgan fingerprint density at radius 1 is 1.11 bits per heavy atom. The van der Waals surface area contributed by atoms with Crippen molar-refractivity contribution in [2.75, 3.05) is 19.6 Å². The molecule has 2 aromatic rings. The molecule has 0 radical (unpaired) electrons. The number of halogens is 1. The predicted octanol–water partition coefficient (Wildman–Crippen LogP) is 4.08. The highest BCUT2D eigenvalue weighted by atomic mass is 127. The summed E-state index contributed by atoms with van der Waals surface area (Å²) >= 11 is 0. The Hall–Kier alpha value is -1.57. The number of nitrogens with zero attached hydrogens (tertiary/aromatic N) is 3. The van der Waals surface area contributed by atoms with Gasteiger partial charge in [0, 0.05) is 45.0 Å². The first-order valence-electron chi connectivity index (χ1n) is 9.82. The number of hydrogen-bond donors (Lipinski definition) is 2. The molecule has 1 heterocycles. The van der Waals surface area contributed by atoms with Crippen LogP contribution < -0.4 is 10.6 Å². The van der Waals surface area contributed by atoms with Gasteiger partial charge in [0.25, 0.3) is 0 Å². The molecule has 0 aliphatic carbocycles. The van der Waals surface area contributed by atoms with Crippen molar-refractivity contribution < 1.29 is 0 Å². The maximum absolute atomic E-state index is 4.73. The third-order valence-corrected chi connectivity index (χ3v) is 4.65. The summed E-state index contributed by atoms with van der Waals surface area (Å²) in [6.07, 6.45) is 7.15. The number of aliphatic imine (C=N–C) groups is 1. The molecule has 2 N–H and O–H groups in total. The largest absolute Gasteiger partial charge is 0.357 e. The standard InChI is InChI=1S/C21H33N5.HI/c1-4-18(5-2)16-25-21(22-6-3)24-13-12-20-23-14-15-26(20)17-19-10-8-7-9-11-19;/h7-11,14-15,18H,4-6,12-13,16-17H2,1-3H3,(H2,22,24,25);1H. The minimum absolute atomic E-state index is 0. The van der Waals surface area contributed by atoms with Crippen molar-refractivity contribution in [3.63, 3.8) is 0 Å². The highest BCUT2D eigenvalue weighted by Crippen LogP contribution is 2.07. The van der Waals surface area contributed by atoms with Crippen molar-refractivity contribution in [3.8, 4) is 0 Å². The lowest BCUT2D eigenvalue weighted by Gasteiger charge is -2.14. The fourth-order valence-electron chi connectivity index (χ4n) is 2.89. The van der Waals surface area contributed by atoms with E-state index in [2.05, 4.69) is 71.4 Å². The Labute approximate surface area is 181 Å². The van der Waals surface area contributed by atoms with Crippen molar-refractivity contribution in [2.45, 2.75) is 46.6 Å². The second-order valence-corrected chi connectivity index (χ2v) is 6.54. The fraction of sp³-hybridized carbons (Fsp3) is 0.524. The first-order valence-corrected chi connectivity index (χ1v) is 9.82. The Morgan fingerprint density at radius 2 is 1.85 bits per heavy atom. The van der Waals surface area contributed by atoms with Crippen molar-refractivity contribution in [3.05, 3.63) is 54.1 Å². The van der Waals surface area contributed by atoms with Gasteiger partial charge >= 0.3 is 0 Å². The molecule has 0 aliphatic rings. The van der Waals surface area contributed by atoms with Crippen LogP contribution in [-0.4, -0.2) is 35.1 Å². The van der Waals surface area contributed by atoms with Gasteiger partial charge in [-0.2, -0.15) is 0 Å². The molecule has 0 fully saturated rings. The van der Waals surface area contributed by atoms with Crippen molar-refractivity contribution in [1.82, 2.24) is 20.2 Å². The molecule has 0 bridgehead atoms. The van der Waals surface area contributed by atoms with Crippen molar-refractivity contribution in [2.24, 2.45) is 10.9 Å². The third-order valence-electron chi connectivity index (χ3n) is 4.65. The van der Waals surface area contributed by atoms with Crippen molar-refractivity contribution in [1.29, 1.82) is 0 Å². The van der Waals surface area contributed by atoms with E-state index in [1.165, 1.54) is 18.4 Å². The molecule has 150 valence electrons. The van der Waals surface area contributed by atoms with Crippen LogP contribution in [-0.2, 0) is 13.0 Å². The molecule has 0 atom stereocenters.